The number of hydrogen-bond donors (Lipinski definition) is 1. The number of amides is 1. The van der Waals surface area contributed by atoms with E-state index in [2.05, 4.69) is 33.9 Å². The van der Waals surface area contributed by atoms with E-state index in [0.29, 0.717) is 10.1 Å². The van der Waals surface area contributed by atoms with Crippen molar-refractivity contribution < 1.29 is 4.79 Å². The van der Waals surface area contributed by atoms with Crippen LogP contribution in [0.3, 0.4) is 0 Å². The minimum absolute atomic E-state index is 0.105. The molecule has 1 aliphatic heterocycles. The lowest BCUT2D eigenvalue weighted by Gasteiger charge is -1.98. The van der Waals surface area contributed by atoms with Crippen molar-refractivity contribution in [2.75, 3.05) is 0 Å². The molecule has 1 aromatic heterocycles. The van der Waals surface area contributed by atoms with E-state index in [0.717, 1.165) is 27.8 Å². The first kappa shape index (κ1) is 15.7. The molecule has 124 valence electrons. The fourth-order valence-corrected chi connectivity index (χ4v) is 3.79. The van der Waals surface area contributed by atoms with E-state index in [-0.39, 0.29) is 5.91 Å². The molecule has 4 rings (SSSR count). The third-order valence-corrected chi connectivity index (χ3v) is 5.27. The third kappa shape index (κ3) is 2.87. The Morgan fingerprint density at radius 1 is 1.08 bits per heavy atom. The van der Waals surface area contributed by atoms with Gasteiger partial charge in [-0.05, 0) is 43.0 Å². The van der Waals surface area contributed by atoms with Gasteiger partial charge in [-0.1, -0.05) is 36.4 Å². The number of carbonyl (C=O) groups excluding carboxylic acids is 1. The largest absolute Gasteiger partial charge is 0.347 e. The van der Waals surface area contributed by atoms with Gasteiger partial charge in [-0.15, -0.1) is 0 Å². The molecule has 4 nitrogen and oxygen atoms in total. The van der Waals surface area contributed by atoms with E-state index in [4.69, 9.17) is 0 Å². The van der Waals surface area contributed by atoms with Crippen LogP contribution in [0.1, 0.15) is 11.3 Å². The molecule has 5 heteroatoms. The first-order valence-electron chi connectivity index (χ1n) is 8.02. The topological polar surface area (TPSA) is 46.4 Å². The Morgan fingerprint density at radius 2 is 1.80 bits per heavy atom. The summed E-state index contributed by atoms with van der Waals surface area (Å²) >= 11 is 1.38. The summed E-state index contributed by atoms with van der Waals surface area (Å²) in [5.74, 6) is -0.105. The van der Waals surface area contributed by atoms with Crippen molar-refractivity contribution in [3.8, 4) is 0 Å². The van der Waals surface area contributed by atoms with Crippen molar-refractivity contribution in [1.29, 1.82) is 0 Å². The summed E-state index contributed by atoms with van der Waals surface area (Å²) in [6, 6.07) is 17.9. The molecule has 0 aliphatic carbocycles. The van der Waals surface area contributed by atoms with Gasteiger partial charge in [-0.25, -0.2) is 4.99 Å². The van der Waals surface area contributed by atoms with Gasteiger partial charge < -0.3 is 9.88 Å². The highest BCUT2D eigenvalue weighted by Gasteiger charge is 2.24. The Bertz CT molecular complexity index is 1030. The number of aliphatic imine (C=N–C) groups is 1. The normalized spacial score (nSPS) is 17.6. The van der Waals surface area contributed by atoms with Gasteiger partial charge in [-0.3, -0.25) is 4.79 Å². The van der Waals surface area contributed by atoms with Crippen molar-refractivity contribution >= 4 is 45.5 Å². The number of carbonyl (C=O) groups is 1. The van der Waals surface area contributed by atoms with E-state index in [1.165, 1.54) is 11.8 Å². The van der Waals surface area contributed by atoms with Gasteiger partial charge in [0.25, 0.3) is 5.91 Å². The maximum absolute atomic E-state index is 12.3. The van der Waals surface area contributed by atoms with Crippen molar-refractivity contribution in [1.82, 2.24) is 9.88 Å². The van der Waals surface area contributed by atoms with Crippen LogP contribution in [0.5, 0.6) is 0 Å². The summed E-state index contributed by atoms with van der Waals surface area (Å²) in [5, 5.41) is 4.61. The summed E-state index contributed by atoms with van der Waals surface area (Å²) in [4.78, 5) is 17.5. The molecular weight excluding hydrogens is 330 g/mol. The molecule has 1 fully saturated rings. The SMILES string of the molecule is Cc1c(/C=C2/SC(=Nc3ccccc3)NC2=O)c2ccccc2n1C. The molecule has 1 amide bonds. The first-order valence-corrected chi connectivity index (χ1v) is 8.84. The second kappa shape index (κ2) is 6.26. The van der Waals surface area contributed by atoms with E-state index < -0.39 is 0 Å². The van der Waals surface area contributed by atoms with Gasteiger partial charge in [0.15, 0.2) is 5.17 Å². The van der Waals surface area contributed by atoms with E-state index in [1.54, 1.807) is 0 Å². The molecule has 0 saturated carbocycles. The van der Waals surface area contributed by atoms with Gasteiger partial charge in [0, 0.05) is 29.2 Å². The number of fused-ring (bicyclic) bond motifs is 1. The van der Waals surface area contributed by atoms with E-state index in [1.807, 2.05) is 55.6 Å². The molecule has 3 aromatic rings. The predicted octanol–water partition coefficient (Wildman–Crippen LogP) is 4.38. The quantitative estimate of drug-likeness (QED) is 0.699. The Morgan fingerprint density at radius 3 is 2.60 bits per heavy atom. The standard InChI is InChI=1S/C20H17N3OS/c1-13-16(15-10-6-7-11-17(15)23(13)2)12-18-19(24)22-20(25-18)21-14-8-4-3-5-9-14/h3-12H,1-2H3,(H,21,22,24)/b18-12+. The number of rotatable bonds is 2. The average Bonchev–Trinajstić information content (AvgIpc) is 3.09. The van der Waals surface area contributed by atoms with Crippen LogP contribution in [-0.4, -0.2) is 15.6 Å². The smallest absolute Gasteiger partial charge is 0.264 e. The van der Waals surface area contributed by atoms with Gasteiger partial charge in [-0.2, -0.15) is 0 Å². The predicted molar refractivity (Wildman–Crippen MR) is 105 cm³/mol. The number of para-hydroxylation sites is 2. The molecular formula is C20H17N3OS. The number of nitrogens with one attached hydrogen (secondary N) is 1. The van der Waals surface area contributed by atoms with Crippen LogP contribution in [0.4, 0.5) is 5.69 Å². The van der Waals surface area contributed by atoms with Crippen molar-refractivity contribution in [2.24, 2.45) is 12.0 Å². The van der Waals surface area contributed by atoms with Crippen LogP contribution >= 0.6 is 11.8 Å². The monoisotopic (exact) mass is 347 g/mol. The van der Waals surface area contributed by atoms with Crippen LogP contribution in [0, 0.1) is 6.92 Å². The minimum Gasteiger partial charge on any atom is -0.347 e. The van der Waals surface area contributed by atoms with Gasteiger partial charge >= 0.3 is 0 Å². The second-order valence-corrected chi connectivity index (χ2v) is 6.92. The van der Waals surface area contributed by atoms with Crippen LogP contribution < -0.4 is 5.32 Å². The molecule has 25 heavy (non-hydrogen) atoms. The molecule has 1 aliphatic rings. The lowest BCUT2D eigenvalue weighted by Crippen LogP contribution is -2.19. The molecule has 2 heterocycles. The summed E-state index contributed by atoms with van der Waals surface area (Å²) in [6.07, 6.45) is 1.96. The Hall–Kier alpha value is -2.79. The highest BCUT2D eigenvalue weighted by Crippen LogP contribution is 2.32. The summed E-state index contributed by atoms with van der Waals surface area (Å²) in [6.45, 7) is 2.07. The Balaban J connectivity index is 1.72. The Kier molecular flexibility index (Phi) is 3.93. The zero-order valence-corrected chi connectivity index (χ0v) is 14.8. The number of aryl methyl sites for hydroxylation is 1. The van der Waals surface area contributed by atoms with E-state index >= 15 is 0 Å². The van der Waals surface area contributed by atoms with E-state index in [9.17, 15) is 4.79 Å². The molecule has 0 spiro atoms. The second-order valence-electron chi connectivity index (χ2n) is 5.89. The van der Waals surface area contributed by atoms with Crippen LogP contribution in [-0.2, 0) is 11.8 Å². The maximum atomic E-state index is 12.3. The zero-order chi connectivity index (χ0) is 17.4. The number of nitrogens with zero attached hydrogens (tertiary/aromatic N) is 2. The van der Waals surface area contributed by atoms with Crippen LogP contribution in [0.15, 0.2) is 64.5 Å². The highest BCUT2D eigenvalue weighted by molar-refractivity contribution is 8.18. The first-order chi connectivity index (χ1) is 12.1. The number of amidine groups is 1. The summed E-state index contributed by atoms with van der Waals surface area (Å²) in [5.41, 5.74) is 4.20. The lowest BCUT2D eigenvalue weighted by molar-refractivity contribution is -0.115. The lowest BCUT2D eigenvalue weighted by atomic mass is 10.1. The van der Waals surface area contributed by atoms with Crippen LogP contribution in [0.25, 0.3) is 17.0 Å². The zero-order valence-electron chi connectivity index (χ0n) is 14.0. The van der Waals surface area contributed by atoms with Crippen molar-refractivity contribution in [3.63, 3.8) is 0 Å². The maximum Gasteiger partial charge on any atom is 0.264 e. The fraction of sp³-hybridized carbons (Fsp3) is 0.100. The van der Waals surface area contributed by atoms with Gasteiger partial charge in [0.1, 0.15) is 0 Å². The molecule has 0 radical (unpaired) electrons. The average molecular weight is 347 g/mol. The minimum atomic E-state index is -0.105. The fourth-order valence-electron chi connectivity index (χ4n) is 2.96. The molecule has 2 aromatic carbocycles. The van der Waals surface area contributed by atoms with Crippen LogP contribution in [0.2, 0.25) is 0 Å². The molecule has 1 N–H and O–H groups in total. The molecule has 0 atom stereocenters. The number of aromatic nitrogens is 1. The molecule has 0 bridgehead atoms. The third-order valence-electron chi connectivity index (χ3n) is 4.36. The highest BCUT2D eigenvalue weighted by atomic mass is 32.2. The number of thioether (sulfide) groups is 1. The van der Waals surface area contributed by atoms with Crippen molar-refractivity contribution in [3.05, 3.63) is 70.8 Å². The number of hydrogen-bond acceptors (Lipinski definition) is 3. The van der Waals surface area contributed by atoms with Gasteiger partial charge in [0.05, 0.1) is 10.6 Å². The molecule has 1 saturated heterocycles. The number of benzene rings is 2. The van der Waals surface area contributed by atoms with Gasteiger partial charge in [0.2, 0.25) is 0 Å². The summed E-state index contributed by atoms with van der Waals surface area (Å²) < 4.78 is 2.15. The van der Waals surface area contributed by atoms with Crippen molar-refractivity contribution in [2.45, 2.75) is 6.92 Å². The summed E-state index contributed by atoms with van der Waals surface area (Å²) in [7, 11) is 2.05. The molecule has 0 unspecified atom stereocenters. The Labute approximate surface area is 150 Å².